The predicted molar refractivity (Wildman–Crippen MR) is 108 cm³/mol. The quantitative estimate of drug-likeness (QED) is 0.804. The van der Waals surface area contributed by atoms with E-state index in [-0.39, 0.29) is 11.3 Å². The van der Waals surface area contributed by atoms with Crippen LogP contribution < -0.4 is 10.2 Å². The molecule has 0 unspecified atom stereocenters. The van der Waals surface area contributed by atoms with E-state index in [4.69, 9.17) is 0 Å². The fourth-order valence-corrected chi connectivity index (χ4v) is 2.68. The molecule has 0 aliphatic heterocycles. The third-order valence-electron chi connectivity index (χ3n) is 3.87. The maximum atomic E-state index is 12.5. The number of rotatable bonds is 4. The summed E-state index contributed by atoms with van der Waals surface area (Å²) >= 11 is 0. The highest BCUT2D eigenvalue weighted by Crippen LogP contribution is 2.24. The lowest BCUT2D eigenvalue weighted by atomic mass is 9.91. The molecule has 0 atom stereocenters. The number of nitrogens with zero attached hydrogens (tertiary/aromatic N) is 1. The molecule has 132 valence electrons. The van der Waals surface area contributed by atoms with Gasteiger partial charge in [0.2, 0.25) is 0 Å². The molecule has 0 radical (unpaired) electrons. The Labute approximate surface area is 151 Å². The van der Waals surface area contributed by atoms with E-state index in [1.165, 1.54) is 5.57 Å². The van der Waals surface area contributed by atoms with Crippen LogP contribution in [0.4, 0.5) is 11.4 Å². The van der Waals surface area contributed by atoms with Crippen molar-refractivity contribution < 1.29 is 4.79 Å². The van der Waals surface area contributed by atoms with E-state index < -0.39 is 0 Å². The third-order valence-corrected chi connectivity index (χ3v) is 3.87. The van der Waals surface area contributed by atoms with Crippen molar-refractivity contribution in [3.8, 4) is 0 Å². The van der Waals surface area contributed by atoms with Crippen LogP contribution in [-0.4, -0.2) is 20.0 Å². The van der Waals surface area contributed by atoms with Gasteiger partial charge in [0, 0.05) is 31.0 Å². The van der Waals surface area contributed by atoms with Crippen LogP contribution >= 0.6 is 0 Å². The number of hydrogen-bond donors (Lipinski definition) is 1. The van der Waals surface area contributed by atoms with E-state index >= 15 is 0 Å². The number of carbonyl (C=O) groups is 1. The van der Waals surface area contributed by atoms with Crippen LogP contribution in [0.3, 0.4) is 0 Å². The van der Waals surface area contributed by atoms with Crippen LogP contribution in [0.2, 0.25) is 0 Å². The Morgan fingerprint density at radius 1 is 1.00 bits per heavy atom. The number of hydrogen-bond acceptors (Lipinski definition) is 2. The minimum Gasteiger partial charge on any atom is -0.378 e. The summed E-state index contributed by atoms with van der Waals surface area (Å²) in [5, 5.41) is 2.96. The van der Waals surface area contributed by atoms with Gasteiger partial charge in [-0.1, -0.05) is 45.0 Å². The van der Waals surface area contributed by atoms with Gasteiger partial charge in [0.05, 0.1) is 0 Å². The van der Waals surface area contributed by atoms with E-state index in [1.807, 2.05) is 67.5 Å². The van der Waals surface area contributed by atoms with E-state index in [9.17, 15) is 4.79 Å². The van der Waals surface area contributed by atoms with Crippen molar-refractivity contribution in [3.63, 3.8) is 0 Å². The monoisotopic (exact) mass is 336 g/mol. The van der Waals surface area contributed by atoms with Crippen LogP contribution in [-0.2, 0) is 0 Å². The Hall–Kier alpha value is -2.55. The van der Waals surface area contributed by atoms with Crippen molar-refractivity contribution in [1.82, 2.24) is 0 Å². The maximum Gasteiger partial charge on any atom is 0.255 e. The van der Waals surface area contributed by atoms with E-state index in [1.54, 1.807) is 0 Å². The number of amides is 1. The summed E-state index contributed by atoms with van der Waals surface area (Å²) in [7, 11) is 3.96. The van der Waals surface area contributed by atoms with Gasteiger partial charge in [-0.25, -0.2) is 0 Å². The van der Waals surface area contributed by atoms with Gasteiger partial charge in [-0.3, -0.25) is 4.79 Å². The van der Waals surface area contributed by atoms with Gasteiger partial charge in [0.15, 0.2) is 0 Å². The van der Waals surface area contributed by atoms with Crippen molar-refractivity contribution in [3.05, 3.63) is 65.7 Å². The summed E-state index contributed by atoms with van der Waals surface area (Å²) < 4.78 is 0. The lowest BCUT2D eigenvalue weighted by molar-refractivity contribution is 0.102. The highest BCUT2D eigenvalue weighted by molar-refractivity contribution is 6.04. The molecular weight excluding hydrogens is 308 g/mol. The molecule has 2 rings (SSSR count). The largest absolute Gasteiger partial charge is 0.378 e. The summed E-state index contributed by atoms with van der Waals surface area (Å²) in [6.07, 6.45) is 2.24. The number of anilines is 2. The molecule has 2 aromatic carbocycles. The Morgan fingerprint density at radius 3 is 2.16 bits per heavy atom. The van der Waals surface area contributed by atoms with Crippen LogP contribution in [0, 0.1) is 5.41 Å². The SMILES string of the molecule is CC(=CC(C)(C)C)c1ccc(C(=O)Nc2cccc(N(C)C)c2)cc1. The summed E-state index contributed by atoms with van der Waals surface area (Å²) in [6.45, 7) is 8.65. The molecular formula is C22H28N2O. The highest BCUT2D eigenvalue weighted by Gasteiger charge is 2.10. The molecule has 3 nitrogen and oxygen atoms in total. The van der Waals surface area contributed by atoms with Crippen molar-refractivity contribution >= 4 is 22.9 Å². The van der Waals surface area contributed by atoms with Gasteiger partial charge in [-0.15, -0.1) is 0 Å². The number of allylic oxidation sites excluding steroid dienone is 2. The van der Waals surface area contributed by atoms with Gasteiger partial charge in [-0.05, 0) is 53.8 Å². The Balaban J connectivity index is 2.13. The fraction of sp³-hybridized carbons (Fsp3) is 0.318. The first-order valence-electron chi connectivity index (χ1n) is 8.54. The molecule has 25 heavy (non-hydrogen) atoms. The average Bonchev–Trinajstić information content (AvgIpc) is 2.53. The average molecular weight is 336 g/mol. The van der Waals surface area contributed by atoms with Crippen molar-refractivity contribution in [2.75, 3.05) is 24.3 Å². The van der Waals surface area contributed by atoms with Gasteiger partial charge < -0.3 is 10.2 Å². The van der Waals surface area contributed by atoms with Crippen LogP contribution in [0.15, 0.2) is 54.6 Å². The van der Waals surface area contributed by atoms with Gasteiger partial charge in [0.1, 0.15) is 0 Å². The van der Waals surface area contributed by atoms with Gasteiger partial charge in [-0.2, -0.15) is 0 Å². The molecule has 3 heteroatoms. The lowest BCUT2D eigenvalue weighted by Gasteiger charge is -2.15. The number of benzene rings is 2. The Bertz CT molecular complexity index is 765. The maximum absolute atomic E-state index is 12.5. The first-order valence-corrected chi connectivity index (χ1v) is 8.54. The van der Waals surface area contributed by atoms with Gasteiger partial charge >= 0.3 is 0 Å². The smallest absolute Gasteiger partial charge is 0.255 e. The first kappa shape index (κ1) is 18.8. The molecule has 0 aliphatic rings. The summed E-state index contributed by atoms with van der Waals surface area (Å²) in [6, 6.07) is 15.6. The van der Waals surface area contributed by atoms with Crippen molar-refractivity contribution in [2.45, 2.75) is 27.7 Å². The molecule has 1 amide bonds. The molecule has 0 aliphatic carbocycles. The van der Waals surface area contributed by atoms with Crippen LogP contribution in [0.25, 0.3) is 5.57 Å². The molecule has 0 saturated carbocycles. The van der Waals surface area contributed by atoms with Crippen LogP contribution in [0.1, 0.15) is 43.6 Å². The minimum atomic E-state index is -0.0973. The normalized spacial score (nSPS) is 12.0. The van der Waals surface area contributed by atoms with E-state index in [2.05, 4.69) is 39.1 Å². The van der Waals surface area contributed by atoms with Gasteiger partial charge in [0.25, 0.3) is 5.91 Å². The molecule has 0 heterocycles. The Kier molecular flexibility index (Phi) is 5.68. The molecule has 2 aromatic rings. The van der Waals surface area contributed by atoms with E-state index in [0.29, 0.717) is 5.56 Å². The highest BCUT2D eigenvalue weighted by atomic mass is 16.1. The zero-order valence-electron chi connectivity index (χ0n) is 16.1. The fourth-order valence-electron chi connectivity index (χ4n) is 2.68. The zero-order valence-corrected chi connectivity index (χ0v) is 16.1. The summed E-state index contributed by atoms with van der Waals surface area (Å²) in [4.78, 5) is 14.5. The molecule has 0 bridgehead atoms. The first-order chi connectivity index (χ1) is 11.7. The minimum absolute atomic E-state index is 0.0973. The second kappa shape index (κ2) is 7.56. The standard InChI is InChI=1S/C22H28N2O/c1-16(15-22(2,3)4)17-10-12-18(13-11-17)21(25)23-19-8-7-9-20(14-19)24(5)6/h7-15H,1-6H3,(H,23,25). The number of carbonyl (C=O) groups excluding carboxylic acids is 1. The predicted octanol–water partition coefficient (Wildman–Crippen LogP) is 5.45. The molecule has 0 spiro atoms. The Morgan fingerprint density at radius 2 is 1.60 bits per heavy atom. The lowest BCUT2D eigenvalue weighted by Crippen LogP contribution is -2.13. The molecule has 0 saturated heterocycles. The molecule has 0 fully saturated rings. The molecule has 1 N–H and O–H groups in total. The third kappa shape index (κ3) is 5.49. The summed E-state index contributed by atoms with van der Waals surface area (Å²) in [5.74, 6) is -0.0973. The van der Waals surface area contributed by atoms with Crippen LogP contribution in [0.5, 0.6) is 0 Å². The molecule has 0 aromatic heterocycles. The van der Waals surface area contributed by atoms with Crippen molar-refractivity contribution in [1.29, 1.82) is 0 Å². The van der Waals surface area contributed by atoms with E-state index in [0.717, 1.165) is 16.9 Å². The zero-order chi connectivity index (χ0) is 18.6. The number of nitrogens with one attached hydrogen (secondary N) is 1. The topological polar surface area (TPSA) is 32.3 Å². The van der Waals surface area contributed by atoms with Crippen molar-refractivity contribution in [2.24, 2.45) is 5.41 Å². The summed E-state index contributed by atoms with van der Waals surface area (Å²) in [5.41, 5.74) is 5.00. The second-order valence-electron chi connectivity index (χ2n) is 7.67. The second-order valence-corrected chi connectivity index (χ2v) is 7.67.